The van der Waals surface area contributed by atoms with E-state index in [-0.39, 0.29) is 11.0 Å². The first-order valence-electron chi connectivity index (χ1n) is 9.84. The van der Waals surface area contributed by atoms with E-state index in [1.165, 1.54) is 0 Å². The van der Waals surface area contributed by atoms with Gasteiger partial charge in [-0.05, 0) is 60.7 Å². The van der Waals surface area contributed by atoms with Gasteiger partial charge in [-0.3, -0.25) is 10.1 Å². The van der Waals surface area contributed by atoms with Gasteiger partial charge in [-0.15, -0.1) is 0 Å². The van der Waals surface area contributed by atoms with E-state index in [1.54, 1.807) is 42.5 Å². The van der Waals surface area contributed by atoms with Crippen LogP contribution in [-0.4, -0.2) is 29.2 Å². The van der Waals surface area contributed by atoms with Gasteiger partial charge in [0.2, 0.25) is 5.89 Å². The number of anilines is 1. The molecule has 0 unspecified atom stereocenters. The normalized spacial score (nSPS) is 12.4. The van der Waals surface area contributed by atoms with Gasteiger partial charge < -0.3 is 19.2 Å². The van der Waals surface area contributed by atoms with E-state index in [0.717, 1.165) is 0 Å². The molecule has 0 radical (unpaired) electrons. The van der Waals surface area contributed by atoms with Crippen LogP contribution in [0.2, 0.25) is 10.0 Å². The summed E-state index contributed by atoms with van der Waals surface area (Å²) in [5.74, 6) is 1.15. The quantitative estimate of drug-likeness (QED) is 0.349. The summed E-state index contributed by atoms with van der Waals surface area (Å²) in [4.78, 5) is 17.1. The number of amides is 1. The van der Waals surface area contributed by atoms with Crippen molar-refractivity contribution in [3.8, 4) is 23.0 Å². The van der Waals surface area contributed by atoms with Gasteiger partial charge in [0.05, 0.1) is 5.02 Å². The van der Waals surface area contributed by atoms with E-state index in [1.807, 2.05) is 12.1 Å². The Balaban J connectivity index is 1.30. The van der Waals surface area contributed by atoms with Crippen LogP contribution in [0.3, 0.4) is 0 Å². The summed E-state index contributed by atoms with van der Waals surface area (Å²) in [5.41, 5.74) is 2.76. The number of hydrogen-bond donors (Lipinski definition) is 2. The van der Waals surface area contributed by atoms with E-state index in [9.17, 15) is 4.79 Å². The smallest absolute Gasteiger partial charge is 0.257 e. The monoisotopic (exact) mass is 499 g/mol. The summed E-state index contributed by atoms with van der Waals surface area (Å²) < 4.78 is 16.8. The molecular weight excluding hydrogens is 485 g/mol. The highest BCUT2D eigenvalue weighted by molar-refractivity contribution is 7.80. The molecule has 4 aromatic rings. The number of nitrogens with one attached hydrogen (secondary N) is 2. The number of fused-ring (bicyclic) bond motifs is 2. The first kappa shape index (κ1) is 21.5. The average Bonchev–Trinajstić information content (AvgIpc) is 3.23. The third-order valence-electron chi connectivity index (χ3n) is 4.81. The van der Waals surface area contributed by atoms with Crippen LogP contribution in [-0.2, 0) is 0 Å². The number of carbonyl (C=O) groups excluding carboxylic acids is 1. The largest absolute Gasteiger partial charge is 0.486 e. The van der Waals surface area contributed by atoms with Gasteiger partial charge >= 0.3 is 0 Å². The molecule has 0 saturated heterocycles. The predicted octanol–water partition coefficient (Wildman–Crippen LogP) is 5.70. The molecule has 2 N–H and O–H groups in total. The molecule has 33 heavy (non-hydrogen) atoms. The van der Waals surface area contributed by atoms with Crippen LogP contribution in [0.1, 0.15) is 10.4 Å². The SMILES string of the molecule is O=C(NC(=S)Nc1cccc(-c2nc3cc(Cl)cc(Cl)c3o2)c1)c1ccc2c(c1)OCCO2. The third-order valence-corrected chi connectivity index (χ3v) is 5.51. The van der Waals surface area contributed by atoms with E-state index in [0.29, 0.717) is 68.6 Å². The fraction of sp³-hybridized carbons (Fsp3) is 0.0870. The lowest BCUT2D eigenvalue weighted by Gasteiger charge is -2.18. The number of halogens is 2. The molecule has 0 bridgehead atoms. The van der Waals surface area contributed by atoms with Crippen molar-refractivity contribution in [3.63, 3.8) is 0 Å². The Morgan fingerprint density at radius 1 is 1.00 bits per heavy atom. The second-order valence-corrected chi connectivity index (χ2v) is 8.35. The summed E-state index contributed by atoms with van der Waals surface area (Å²) in [5, 5.41) is 6.65. The minimum atomic E-state index is -0.369. The maximum Gasteiger partial charge on any atom is 0.257 e. The molecule has 0 atom stereocenters. The number of hydrogen-bond acceptors (Lipinski definition) is 6. The Morgan fingerprint density at radius 2 is 1.82 bits per heavy atom. The van der Waals surface area contributed by atoms with E-state index in [2.05, 4.69) is 15.6 Å². The van der Waals surface area contributed by atoms with Crippen LogP contribution in [0, 0.1) is 0 Å². The number of oxazole rings is 1. The molecule has 1 aliphatic rings. The number of benzene rings is 3. The van der Waals surface area contributed by atoms with Crippen molar-refractivity contribution in [1.82, 2.24) is 10.3 Å². The molecule has 166 valence electrons. The van der Waals surface area contributed by atoms with Gasteiger partial charge in [0.1, 0.15) is 18.7 Å². The third kappa shape index (κ3) is 4.59. The van der Waals surface area contributed by atoms with Crippen LogP contribution in [0.4, 0.5) is 5.69 Å². The summed E-state index contributed by atoms with van der Waals surface area (Å²) in [6.45, 7) is 0.920. The maximum absolute atomic E-state index is 12.6. The Bertz CT molecular complexity index is 1410. The standard InChI is InChI=1S/C23H15Cl2N3O4S/c24-14-10-16(25)20-17(11-14)27-22(32-20)13-2-1-3-15(8-13)26-23(33)28-21(29)12-4-5-18-19(9-12)31-7-6-30-18/h1-5,8-11H,6-7H2,(H2,26,28,29,33). The van der Waals surface area contributed by atoms with E-state index >= 15 is 0 Å². The molecule has 10 heteroatoms. The number of ether oxygens (including phenoxy) is 2. The van der Waals surface area contributed by atoms with Crippen molar-refractivity contribution in [2.75, 3.05) is 18.5 Å². The Morgan fingerprint density at radius 3 is 2.67 bits per heavy atom. The zero-order valence-electron chi connectivity index (χ0n) is 16.9. The van der Waals surface area contributed by atoms with Crippen molar-refractivity contribution in [2.45, 2.75) is 0 Å². The Hall–Kier alpha value is -3.33. The summed E-state index contributed by atoms with van der Waals surface area (Å²) in [7, 11) is 0. The Labute approximate surface area is 203 Å². The number of thiocarbonyl (C=S) groups is 1. The Kier molecular flexibility index (Phi) is 5.80. The fourth-order valence-corrected chi connectivity index (χ4v) is 4.07. The number of nitrogens with zero attached hydrogens (tertiary/aromatic N) is 1. The zero-order chi connectivity index (χ0) is 22.9. The molecule has 5 rings (SSSR count). The minimum absolute atomic E-state index is 0.138. The van der Waals surface area contributed by atoms with Crippen molar-refractivity contribution in [2.24, 2.45) is 0 Å². The lowest BCUT2D eigenvalue weighted by Crippen LogP contribution is -2.34. The van der Waals surface area contributed by atoms with Gasteiger partial charge in [-0.1, -0.05) is 29.3 Å². The van der Waals surface area contributed by atoms with Gasteiger partial charge in [-0.2, -0.15) is 0 Å². The molecule has 7 nitrogen and oxygen atoms in total. The molecule has 0 fully saturated rings. The predicted molar refractivity (Wildman–Crippen MR) is 131 cm³/mol. The first-order chi connectivity index (χ1) is 16.0. The average molecular weight is 500 g/mol. The molecule has 1 aromatic heterocycles. The summed E-state index contributed by atoms with van der Waals surface area (Å²) >= 11 is 17.6. The van der Waals surface area contributed by atoms with Gasteiger partial charge in [-0.25, -0.2) is 4.98 Å². The summed E-state index contributed by atoms with van der Waals surface area (Å²) in [6, 6.07) is 15.5. The molecule has 3 aromatic carbocycles. The van der Waals surface area contributed by atoms with Crippen LogP contribution >= 0.6 is 35.4 Å². The fourth-order valence-electron chi connectivity index (χ4n) is 3.34. The van der Waals surface area contributed by atoms with Crippen molar-refractivity contribution in [1.29, 1.82) is 0 Å². The van der Waals surface area contributed by atoms with Gasteiger partial charge in [0.25, 0.3) is 5.91 Å². The van der Waals surface area contributed by atoms with Crippen molar-refractivity contribution < 1.29 is 18.7 Å². The highest BCUT2D eigenvalue weighted by Crippen LogP contribution is 2.33. The first-order valence-corrected chi connectivity index (χ1v) is 11.0. The van der Waals surface area contributed by atoms with Crippen LogP contribution in [0.25, 0.3) is 22.6 Å². The van der Waals surface area contributed by atoms with Crippen LogP contribution in [0.15, 0.2) is 59.0 Å². The lowest BCUT2D eigenvalue weighted by molar-refractivity contribution is 0.0976. The molecule has 0 spiro atoms. The van der Waals surface area contributed by atoms with Crippen LogP contribution in [0.5, 0.6) is 11.5 Å². The molecule has 0 saturated carbocycles. The van der Waals surface area contributed by atoms with Crippen LogP contribution < -0.4 is 20.1 Å². The van der Waals surface area contributed by atoms with Gasteiger partial charge in [0.15, 0.2) is 22.2 Å². The molecule has 2 heterocycles. The van der Waals surface area contributed by atoms with Gasteiger partial charge in [0, 0.05) is 21.8 Å². The maximum atomic E-state index is 12.6. The highest BCUT2D eigenvalue weighted by atomic mass is 35.5. The molecular formula is C23H15Cl2N3O4S. The second-order valence-electron chi connectivity index (χ2n) is 7.10. The molecule has 0 aliphatic carbocycles. The molecule has 1 amide bonds. The minimum Gasteiger partial charge on any atom is -0.486 e. The van der Waals surface area contributed by atoms with Crippen molar-refractivity contribution in [3.05, 3.63) is 70.2 Å². The second kappa shape index (κ2) is 8.90. The number of rotatable bonds is 3. The topological polar surface area (TPSA) is 85.6 Å². The highest BCUT2D eigenvalue weighted by Gasteiger charge is 2.16. The molecule has 1 aliphatic heterocycles. The van der Waals surface area contributed by atoms with E-state index < -0.39 is 0 Å². The van der Waals surface area contributed by atoms with E-state index in [4.69, 9.17) is 49.3 Å². The number of aromatic nitrogens is 1. The summed E-state index contributed by atoms with van der Waals surface area (Å²) in [6.07, 6.45) is 0. The zero-order valence-corrected chi connectivity index (χ0v) is 19.2. The van der Waals surface area contributed by atoms with Crippen molar-refractivity contribution >= 4 is 63.2 Å². The lowest BCUT2D eigenvalue weighted by atomic mass is 10.2. The number of carbonyl (C=O) groups is 1.